The van der Waals surface area contributed by atoms with Crippen LogP contribution in [0.25, 0.3) is 0 Å². The van der Waals surface area contributed by atoms with Gasteiger partial charge in [-0.2, -0.15) is 0 Å². The number of fused-ring (bicyclic) bond motifs is 1. The Hall–Kier alpha value is -0.0231. The van der Waals surface area contributed by atoms with E-state index in [1.165, 1.54) is 0 Å². The summed E-state index contributed by atoms with van der Waals surface area (Å²) in [6.45, 7) is 14.0. The number of aliphatic hydroxyl groups excluding tert-OH is 2. The molecule has 22 heavy (non-hydrogen) atoms. The number of rotatable bonds is 4. The molecule has 2 rings (SSSR count). The van der Waals surface area contributed by atoms with Gasteiger partial charge in [-0.1, -0.05) is 20.8 Å². The third-order valence-electron chi connectivity index (χ3n) is 4.83. The van der Waals surface area contributed by atoms with Gasteiger partial charge in [0, 0.05) is 0 Å². The van der Waals surface area contributed by atoms with Gasteiger partial charge in [0.2, 0.25) is 0 Å². The molecule has 0 radical (unpaired) electrons. The number of ether oxygens (including phenoxy) is 3. The minimum atomic E-state index is -2.08. The van der Waals surface area contributed by atoms with E-state index >= 15 is 0 Å². The van der Waals surface area contributed by atoms with Crippen molar-refractivity contribution >= 4 is 8.32 Å². The number of hydrogen-bond acceptors (Lipinski definition) is 6. The first kappa shape index (κ1) is 18.3. The molecule has 0 unspecified atom stereocenters. The largest absolute Gasteiger partial charge is 0.408 e. The molecule has 0 saturated carbocycles. The summed E-state index contributed by atoms with van der Waals surface area (Å²) >= 11 is 0. The Morgan fingerprint density at radius 1 is 1.23 bits per heavy atom. The van der Waals surface area contributed by atoms with Crippen molar-refractivity contribution in [3.63, 3.8) is 0 Å². The van der Waals surface area contributed by atoms with E-state index < -0.39 is 44.8 Å². The molecule has 2 aliphatic heterocycles. The lowest BCUT2D eigenvalue weighted by Gasteiger charge is -2.41. The highest BCUT2D eigenvalue weighted by Gasteiger charge is 2.58. The second-order valence-electron chi connectivity index (χ2n) is 8.16. The summed E-state index contributed by atoms with van der Waals surface area (Å²) in [5, 5.41) is 19.4. The van der Waals surface area contributed by atoms with Crippen molar-refractivity contribution in [1.29, 1.82) is 0 Å². The summed E-state index contributed by atoms with van der Waals surface area (Å²) in [6, 6.07) is 0. The summed E-state index contributed by atoms with van der Waals surface area (Å²) in [5.74, 6) is -0.737. The fourth-order valence-corrected chi connectivity index (χ4v) is 3.87. The predicted octanol–water partition coefficient (Wildman–Crippen LogP) is 1.61. The summed E-state index contributed by atoms with van der Waals surface area (Å²) < 4.78 is 23.9. The molecule has 2 N–H and O–H groups in total. The molecule has 0 aromatic rings. The summed E-state index contributed by atoms with van der Waals surface area (Å²) in [6.07, 6.45) is -3.08. The Bertz CT molecular complexity index is 405. The maximum atomic E-state index is 10.1. The maximum absolute atomic E-state index is 10.1. The first-order valence-corrected chi connectivity index (χ1v) is 10.8. The zero-order valence-corrected chi connectivity index (χ0v) is 15.6. The summed E-state index contributed by atoms with van der Waals surface area (Å²) in [7, 11) is -2.08. The van der Waals surface area contributed by atoms with E-state index in [2.05, 4.69) is 33.9 Å². The zero-order valence-electron chi connectivity index (χ0n) is 14.6. The minimum Gasteiger partial charge on any atom is -0.408 e. The lowest BCUT2D eigenvalue weighted by atomic mass is 10.1. The molecular weight excluding hydrogens is 304 g/mol. The molecule has 0 aromatic heterocycles. The van der Waals surface area contributed by atoms with Gasteiger partial charge in [0.05, 0.1) is 6.61 Å². The Labute approximate surface area is 133 Å². The van der Waals surface area contributed by atoms with Crippen LogP contribution in [0.15, 0.2) is 0 Å². The van der Waals surface area contributed by atoms with Gasteiger partial charge in [0.15, 0.2) is 20.4 Å². The van der Waals surface area contributed by atoms with Gasteiger partial charge in [-0.25, -0.2) is 0 Å². The highest BCUT2D eigenvalue weighted by molar-refractivity contribution is 6.74. The molecule has 0 amide bonds. The van der Waals surface area contributed by atoms with Gasteiger partial charge in [0.25, 0.3) is 0 Å². The molecule has 0 bridgehead atoms. The zero-order chi connectivity index (χ0) is 16.9. The van der Waals surface area contributed by atoms with Gasteiger partial charge in [-0.05, 0) is 32.0 Å². The molecule has 2 aliphatic rings. The van der Waals surface area contributed by atoms with Crippen LogP contribution >= 0.6 is 0 Å². The van der Waals surface area contributed by atoms with Crippen molar-refractivity contribution in [2.24, 2.45) is 0 Å². The highest BCUT2D eigenvalue weighted by Crippen LogP contribution is 2.44. The van der Waals surface area contributed by atoms with Crippen molar-refractivity contribution in [2.45, 2.75) is 89.2 Å². The SMILES string of the molecule is CC1(C)O[C@H]2O[C@H]([C@H](O)CO)[C@H](O[Si](C)(C)C(C)(C)C)[C@H]2O1. The first-order valence-electron chi connectivity index (χ1n) is 7.86. The third-order valence-corrected chi connectivity index (χ3v) is 9.30. The van der Waals surface area contributed by atoms with E-state index in [9.17, 15) is 10.2 Å². The van der Waals surface area contributed by atoms with Gasteiger partial charge in [-0.3, -0.25) is 0 Å². The monoisotopic (exact) mass is 334 g/mol. The van der Waals surface area contributed by atoms with E-state index in [1.54, 1.807) is 0 Å². The molecule has 2 fully saturated rings. The van der Waals surface area contributed by atoms with Crippen LogP contribution in [0.4, 0.5) is 0 Å². The smallest absolute Gasteiger partial charge is 0.192 e. The minimum absolute atomic E-state index is 0.0226. The molecule has 0 aliphatic carbocycles. The Morgan fingerprint density at radius 2 is 1.82 bits per heavy atom. The van der Waals surface area contributed by atoms with Crippen LogP contribution in [0, 0.1) is 0 Å². The molecule has 6 nitrogen and oxygen atoms in total. The normalized spacial score (nSPS) is 36.4. The molecule has 130 valence electrons. The topological polar surface area (TPSA) is 77.4 Å². The highest BCUT2D eigenvalue weighted by atomic mass is 28.4. The Morgan fingerprint density at radius 3 is 2.32 bits per heavy atom. The van der Waals surface area contributed by atoms with E-state index in [0.717, 1.165) is 0 Å². The predicted molar refractivity (Wildman–Crippen MR) is 83.9 cm³/mol. The average molecular weight is 334 g/mol. The maximum Gasteiger partial charge on any atom is 0.192 e. The summed E-state index contributed by atoms with van der Waals surface area (Å²) in [5.41, 5.74) is 0. The molecule has 7 heteroatoms. The van der Waals surface area contributed by atoms with Crippen LogP contribution < -0.4 is 0 Å². The lowest BCUT2D eigenvalue weighted by Crippen LogP contribution is -2.52. The third kappa shape index (κ3) is 3.40. The molecular formula is C15H30O6Si. The summed E-state index contributed by atoms with van der Waals surface area (Å²) in [4.78, 5) is 0. The molecule has 0 aromatic carbocycles. The molecule has 2 heterocycles. The van der Waals surface area contributed by atoms with E-state index in [0.29, 0.717) is 0 Å². The van der Waals surface area contributed by atoms with Gasteiger partial charge < -0.3 is 28.8 Å². The fraction of sp³-hybridized carbons (Fsp3) is 1.00. The Balaban J connectivity index is 2.23. The van der Waals surface area contributed by atoms with Crippen LogP contribution in [0.1, 0.15) is 34.6 Å². The quantitative estimate of drug-likeness (QED) is 0.761. The number of hydrogen-bond donors (Lipinski definition) is 2. The van der Waals surface area contributed by atoms with Crippen LogP contribution in [-0.4, -0.2) is 61.6 Å². The van der Waals surface area contributed by atoms with E-state index in [4.69, 9.17) is 18.6 Å². The Kier molecular flexibility index (Phi) is 4.83. The van der Waals surface area contributed by atoms with Crippen molar-refractivity contribution in [2.75, 3.05) is 6.61 Å². The second-order valence-corrected chi connectivity index (χ2v) is 12.9. The van der Waals surface area contributed by atoms with Crippen molar-refractivity contribution in [3.8, 4) is 0 Å². The van der Waals surface area contributed by atoms with E-state index in [1.807, 2.05) is 13.8 Å². The van der Waals surface area contributed by atoms with Crippen molar-refractivity contribution in [3.05, 3.63) is 0 Å². The lowest BCUT2D eigenvalue weighted by molar-refractivity contribution is -0.226. The number of aliphatic hydroxyl groups is 2. The second kappa shape index (κ2) is 5.80. The van der Waals surface area contributed by atoms with Gasteiger partial charge in [-0.15, -0.1) is 0 Å². The van der Waals surface area contributed by atoms with Crippen LogP contribution in [0.2, 0.25) is 18.1 Å². The molecule has 5 atom stereocenters. The molecule has 2 saturated heterocycles. The van der Waals surface area contributed by atoms with Gasteiger partial charge in [0.1, 0.15) is 24.4 Å². The van der Waals surface area contributed by atoms with Crippen molar-refractivity contribution in [1.82, 2.24) is 0 Å². The van der Waals surface area contributed by atoms with Gasteiger partial charge >= 0.3 is 0 Å². The first-order chi connectivity index (χ1) is 9.88. The molecule has 0 spiro atoms. The van der Waals surface area contributed by atoms with Crippen LogP contribution in [0.3, 0.4) is 0 Å². The van der Waals surface area contributed by atoms with Crippen LogP contribution in [0.5, 0.6) is 0 Å². The standard InChI is InChI=1S/C15H30O6Si/c1-14(2,3)22(6,7)21-11-10(9(17)8-16)18-13-12(11)19-15(4,5)20-13/h9-13,16-17H,8H2,1-7H3/t9-,10-,11+,12-,13-/m1/s1. The average Bonchev–Trinajstić information content (AvgIpc) is 2.80. The fourth-order valence-electron chi connectivity index (χ4n) is 2.57. The van der Waals surface area contributed by atoms with Crippen LogP contribution in [-0.2, 0) is 18.6 Å². The van der Waals surface area contributed by atoms with Crippen molar-refractivity contribution < 1.29 is 28.8 Å². The van der Waals surface area contributed by atoms with E-state index in [-0.39, 0.29) is 11.6 Å².